The molecule has 0 saturated carbocycles. The van der Waals surface area contributed by atoms with Gasteiger partial charge >= 0.3 is 0 Å². The molecule has 0 aliphatic carbocycles. The number of primary amides is 1. The Morgan fingerprint density at radius 1 is 1.50 bits per heavy atom. The highest BCUT2D eigenvalue weighted by Crippen LogP contribution is 2.55. The first-order chi connectivity index (χ1) is 13.3. The number of likely N-dealkylation sites (tertiary alicyclic amines) is 1. The van der Waals surface area contributed by atoms with E-state index in [1.165, 1.54) is 0 Å². The third-order valence-electron chi connectivity index (χ3n) is 5.81. The van der Waals surface area contributed by atoms with Crippen LogP contribution in [0.3, 0.4) is 0 Å². The third-order valence-corrected chi connectivity index (χ3v) is 6.04. The number of carbonyl (C=O) groups is 1. The van der Waals surface area contributed by atoms with Crippen LogP contribution >= 0.6 is 11.6 Å². The molecule has 1 aromatic heterocycles. The molecule has 2 aliphatic rings. The molecule has 28 heavy (non-hydrogen) atoms. The van der Waals surface area contributed by atoms with Crippen molar-refractivity contribution < 1.29 is 9.53 Å². The molecule has 2 aliphatic heterocycles. The number of halogens is 1. The number of ether oxygens (including phenoxy) is 1. The molecule has 0 bridgehead atoms. The number of aromatic nitrogens is 3. The number of nitrogens with two attached hydrogens (primary N) is 1. The maximum atomic E-state index is 12.1. The van der Waals surface area contributed by atoms with E-state index in [1.807, 2.05) is 31.5 Å². The number of fused-ring (bicyclic) bond motifs is 2. The molecule has 148 valence electrons. The van der Waals surface area contributed by atoms with E-state index < -0.39 is 17.6 Å². The van der Waals surface area contributed by atoms with E-state index >= 15 is 0 Å². The van der Waals surface area contributed by atoms with Crippen LogP contribution in [0.25, 0.3) is 0 Å². The SMILES string of the molecule is C=CCN1C(C)CC2(CC1c1cn(C)nn1)OC(C(N)=O)c1ccc(Cl)cc12. The van der Waals surface area contributed by atoms with E-state index in [0.717, 1.165) is 23.4 Å². The van der Waals surface area contributed by atoms with Gasteiger partial charge in [0.05, 0.1) is 17.3 Å². The molecule has 1 fully saturated rings. The third kappa shape index (κ3) is 3.03. The molecule has 8 heteroatoms. The lowest BCUT2D eigenvalue weighted by Crippen LogP contribution is -2.50. The smallest absolute Gasteiger partial charge is 0.251 e. The Bertz CT molecular complexity index is 929. The van der Waals surface area contributed by atoms with Gasteiger partial charge in [-0.25, -0.2) is 0 Å². The second-order valence-corrected chi connectivity index (χ2v) is 8.14. The molecule has 2 N–H and O–H groups in total. The Balaban J connectivity index is 1.81. The topological polar surface area (TPSA) is 86.3 Å². The average molecular weight is 402 g/mol. The minimum absolute atomic E-state index is 0.0334. The van der Waals surface area contributed by atoms with Crippen LogP contribution < -0.4 is 5.73 Å². The van der Waals surface area contributed by atoms with Gasteiger partial charge in [-0.15, -0.1) is 11.7 Å². The van der Waals surface area contributed by atoms with Crippen molar-refractivity contribution >= 4 is 17.5 Å². The number of rotatable bonds is 4. The molecular formula is C20H24ClN5O2. The van der Waals surface area contributed by atoms with Gasteiger partial charge in [-0.05, 0) is 36.6 Å². The lowest BCUT2D eigenvalue weighted by Gasteiger charge is -2.48. The molecule has 1 aromatic carbocycles. The first-order valence-corrected chi connectivity index (χ1v) is 9.72. The summed E-state index contributed by atoms with van der Waals surface area (Å²) >= 11 is 6.30. The summed E-state index contributed by atoms with van der Waals surface area (Å²) in [7, 11) is 1.85. The van der Waals surface area contributed by atoms with Crippen LogP contribution in [-0.2, 0) is 22.2 Å². The molecular weight excluding hydrogens is 378 g/mol. The van der Waals surface area contributed by atoms with Crippen LogP contribution in [0.5, 0.6) is 0 Å². The van der Waals surface area contributed by atoms with Crippen molar-refractivity contribution in [1.29, 1.82) is 0 Å². The Labute approximate surface area is 169 Å². The zero-order chi connectivity index (χ0) is 20.1. The number of hydrogen-bond donors (Lipinski definition) is 1. The maximum absolute atomic E-state index is 12.1. The normalized spacial score (nSPS) is 29.8. The fraction of sp³-hybridized carbons (Fsp3) is 0.450. The zero-order valence-electron chi connectivity index (χ0n) is 16.0. The maximum Gasteiger partial charge on any atom is 0.251 e. The van der Waals surface area contributed by atoms with Gasteiger partial charge in [0.2, 0.25) is 0 Å². The van der Waals surface area contributed by atoms with Gasteiger partial charge in [0, 0.05) is 37.3 Å². The van der Waals surface area contributed by atoms with Gasteiger partial charge in [0.15, 0.2) is 6.10 Å². The summed E-state index contributed by atoms with van der Waals surface area (Å²) in [4.78, 5) is 14.4. The highest BCUT2D eigenvalue weighted by molar-refractivity contribution is 6.30. The summed E-state index contributed by atoms with van der Waals surface area (Å²) < 4.78 is 8.09. The predicted octanol–water partition coefficient (Wildman–Crippen LogP) is 2.63. The van der Waals surface area contributed by atoms with E-state index in [2.05, 4.69) is 28.7 Å². The standard InChI is InChI=1S/C20H24ClN5O2/c1-4-7-26-12(2)9-20(10-17(26)16-11-25(3)24-23-16)15-8-13(21)5-6-14(15)18(28-20)19(22)27/h4-6,8,11-12,17-18H,1,7,9-10H2,2-3H3,(H2,22,27). The van der Waals surface area contributed by atoms with Crippen LogP contribution in [-0.4, -0.2) is 38.4 Å². The minimum Gasteiger partial charge on any atom is -0.367 e. The summed E-state index contributed by atoms with van der Waals surface area (Å²) in [5.74, 6) is -0.488. The van der Waals surface area contributed by atoms with Crippen LogP contribution in [0.4, 0.5) is 0 Å². The molecule has 4 rings (SSSR count). The molecule has 1 spiro atoms. The number of carbonyl (C=O) groups excluding carboxylic acids is 1. The van der Waals surface area contributed by atoms with E-state index in [1.54, 1.807) is 10.7 Å². The molecule has 1 saturated heterocycles. The highest BCUT2D eigenvalue weighted by atomic mass is 35.5. The number of nitrogens with zero attached hydrogens (tertiary/aromatic N) is 4. The zero-order valence-corrected chi connectivity index (χ0v) is 16.8. The van der Waals surface area contributed by atoms with E-state index in [4.69, 9.17) is 22.1 Å². The van der Waals surface area contributed by atoms with Crippen molar-refractivity contribution in [3.8, 4) is 0 Å². The summed E-state index contributed by atoms with van der Waals surface area (Å²) in [6, 6.07) is 5.66. The number of piperidine rings is 1. The van der Waals surface area contributed by atoms with Crippen LogP contribution in [0.1, 0.15) is 48.7 Å². The van der Waals surface area contributed by atoms with E-state index in [-0.39, 0.29) is 12.1 Å². The first-order valence-electron chi connectivity index (χ1n) is 9.34. The fourth-order valence-electron chi connectivity index (χ4n) is 4.69. The lowest BCUT2D eigenvalue weighted by molar-refractivity contribution is -0.157. The molecule has 4 atom stereocenters. The Morgan fingerprint density at radius 3 is 2.93 bits per heavy atom. The molecule has 7 nitrogen and oxygen atoms in total. The highest BCUT2D eigenvalue weighted by Gasteiger charge is 2.53. The Morgan fingerprint density at radius 2 is 2.29 bits per heavy atom. The van der Waals surface area contributed by atoms with Crippen LogP contribution in [0.2, 0.25) is 5.02 Å². The largest absolute Gasteiger partial charge is 0.367 e. The van der Waals surface area contributed by atoms with Crippen molar-refractivity contribution in [1.82, 2.24) is 19.9 Å². The Hall–Kier alpha value is -2.22. The second-order valence-electron chi connectivity index (χ2n) is 7.70. The molecule has 0 radical (unpaired) electrons. The minimum atomic E-state index is -0.770. The fourth-order valence-corrected chi connectivity index (χ4v) is 4.87. The van der Waals surface area contributed by atoms with Crippen molar-refractivity contribution in [3.05, 3.63) is 58.9 Å². The van der Waals surface area contributed by atoms with Gasteiger partial charge in [-0.3, -0.25) is 14.4 Å². The first kappa shape index (κ1) is 19.1. The molecule has 2 aromatic rings. The Kier molecular flexibility index (Phi) is 4.77. The van der Waals surface area contributed by atoms with Crippen molar-refractivity contribution in [2.45, 2.75) is 43.6 Å². The van der Waals surface area contributed by atoms with Gasteiger partial charge in [-0.1, -0.05) is 29.0 Å². The summed E-state index contributed by atoms with van der Waals surface area (Å²) in [6.45, 7) is 6.78. The number of amides is 1. The summed E-state index contributed by atoms with van der Waals surface area (Å²) in [6.07, 6.45) is 4.39. The van der Waals surface area contributed by atoms with E-state index in [0.29, 0.717) is 17.9 Å². The van der Waals surface area contributed by atoms with Crippen molar-refractivity contribution in [3.63, 3.8) is 0 Å². The van der Waals surface area contributed by atoms with Crippen LogP contribution in [0, 0.1) is 0 Å². The predicted molar refractivity (Wildman–Crippen MR) is 105 cm³/mol. The second kappa shape index (κ2) is 6.99. The number of benzene rings is 1. The molecule has 1 amide bonds. The monoisotopic (exact) mass is 401 g/mol. The van der Waals surface area contributed by atoms with Gasteiger partial charge in [0.1, 0.15) is 0 Å². The van der Waals surface area contributed by atoms with Crippen molar-refractivity contribution in [2.24, 2.45) is 12.8 Å². The molecule has 3 heterocycles. The summed E-state index contributed by atoms with van der Waals surface area (Å²) in [5.41, 5.74) is 7.62. The lowest BCUT2D eigenvalue weighted by atomic mass is 9.76. The summed E-state index contributed by atoms with van der Waals surface area (Å²) in [5, 5.41) is 9.07. The van der Waals surface area contributed by atoms with Gasteiger partial charge in [0.25, 0.3) is 5.91 Å². The van der Waals surface area contributed by atoms with E-state index in [9.17, 15) is 4.79 Å². The number of aryl methyl sites for hydroxylation is 1. The quantitative estimate of drug-likeness (QED) is 0.796. The molecule has 4 unspecified atom stereocenters. The van der Waals surface area contributed by atoms with Crippen LogP contribution in [0.15, 0.2) is 37.1 Å². The number of hydrogen-bond acceptors (Lipinski definition) is 5. The average Bonchev–Trinajstić information content (AvgIpc) is 3.20. The van der Waals surface area contributed by atoms with Gasteiger partial charge in [-0.2, -0.15) is 0 Å². The van der Waals surface area contributed by atoms with Crippen molar-refractivity contribution in [2.75, 3.05) is 6.54 Å². The van der Waals surface area contributed by atoms with Gasteiger partial charge < -0.3 is 10.5 Å².